The second kappa shape index (κ2) is 32.6. The molecule has 0 saturated carbocycles. The Morgan fingerprint density at radius 1 is 0.355 bits per heavy atom. The molecule has 136 valence electrons. The average molecular weight is 634 g/mol. The molecule has 0 rings (SSSR count). The molecule has 0 spiro atoms. The van der Waals surface area contributed by atoms with Gasteiger partial charge in [0.1, 0.15) is 0 Å². The number of rotatable bonds is 6. The number of hydrogen-bond donors (Lipinski definition) is 0. The van der Waals surface area contributed by atoms with Crippen LogP contribution in [0.15, 0.2) is 0 Å². The minimum absolute atomic E-state index is 0. The zero-order valence-electron chi connectivity index (χ0n) is 18.2. The molecule has 31 heavy (non-hydrogen) atoms. The fourth-order valence-electron chi connectivity index (χ4n) is 0.397. The van der Waals surface area contributed by atoms with Crippen molar-refractivity contribution < 1.29 is 346 Å². The van der Waals surface area contributed by atoms with E-state index in [2.05, 4.69) is 12.9 Å². The maximum Gasteiger partial charge on any atom is 1.00 e. The molecule has 0 radical (unpaired) electrons. The Hall–Kier alpha value is 9.67. The van der Waals surface area contributed by atoms with E-state index in [1.165, 1.54) is 0 Å². The summed E-state index contributed by atoms with van der Waals surface area (Å²) >= 11 is 0. The van der Waals surface area contributed by atoms with Gasteiger partial charge in [-0.15, -0.1) is 0 Å². The van der Waals surface area contributed by atoms with Crippen LogP contribution in [0.2, 0.25) is 0 Å². The largest absolute Gasteiger partial charge is 1.00 e. The summed E-state index contributed by atoms with van der Waals surface area (Å²) in [6, 6.07) is 0. The van der Waals surface area contributed by atoms with E-state index in [9.17, 15) is 47.6 Å². The summed E-state index contributed by atoms with van der Waals surface area (Å²) in [7, 11) is -30.2. The second-order valence-corrected chi connectivity index (χ2v) is 8.91. The van der Waals surface area contributed by atoms with Crippen molar-refractivity contribution in [3.63, 3.8) is 0 Å². The molecule has 0 aromatic rings. The minimum atomic E-state index is -6.26. The van der Waals surface area contributed by atoms with Gasteiger partial charge >= 0.3 is 266 Å². The third-order valence-electron chi connectivity index (χ3n) is 0.600. The van der Waals surface area contributed by atoms with Crippen LogP contribution in [0, 0.1) is 0 Å². The fraction of sp³-hybridized carbons (Fsp3) is 0. The molecule has 0 aromatic carbocycles. The van der Waals surface area contributed by atoms with Crippen LogP contribution >= 0.6 is 39.1 Å². The predicted octanol–water partition coefficient (Wildman–Crippen LogP) is -34.2. The van der Waals surface area contributed by atoms with Gasteiger partial charge in [0.2, 0.25) is 0 Å². The first-order chi connectivity index (χ1) is 9.12. The van der Waals surface area contributed by atoms with E-state index < -0.39 is 39.1 Å². The van der Waals surface area contributed by atoms with Gasteiger partial charge in [-0.25, -0.2) is 4.31 Å². The molecular weight excluding hydrogens is 634 g/mol. The van der Waals surface area contributed by atoms with Crippen molar-refractivity contribution in [1.82, 2.24) is 0 Å². The molecule has 0 fully saturated rings. The molecule has 0 aliphatic rings. The third-order valence-corrected chi connectivity index (χ3v) is 5.40. The van der Waals surface area contributed by atoms with Gasteiger partial charge in [0, 0.05) is 0 Å². The Kier molecular flexibility index (Phi) is 76.4. The summed E-state index contributed by atoms with van der Waals surface area (Å²) < 4.78 is 57.1. The molecule has 0 saturated heterocycles. The molecule has 2 unspecified atom stereocenters. The van der Waals surface area contributed by atoms with E-state index in [1.54, 1.807) is 0 Å². The van der Waals surface area contributed by atoms with E-state index in [4.69, 9.17) is 19.2 Å². The smallest absolute Gasteiger partial charge is 0.822 e. The monoisotopic (exact) mass is 634 g/mol. The van der Waals surface area contributed by atoms with Gasteiger partial charge in [-0.1, -0.05) is 0 Å². The molecule has 0 aliphatic heterocycles. The van der Waals surface area contributed by atoms with Gasteiger partial charge in [-0.05, 0) is 0 Å². The number of hydrogen-bond acceptors (Lipinski definition) is 17. The van der Waals surface area contributed by atoms with Gasteiger partial charge < -0.3 is 57.7 Å². The van der Waals surface area contributed by atoms with E-state index in [0.29, 0.717) is 0 Å². The first kappa shape index (κ1) is 72.7. The van der Waals surface area contributed by atoms with Gasteiger partial charge in [0.25, 0.3) is 15.6 Å². The molecule has 0 heterocycles. The van der Waals surface area contributed by atoms with Crippen LogP contribution in [-0.4, -0.2) is 0 Å². The first-order valence-electron chi connectivity index (χ1n) is 3.65. The molecule has 17 nitrogen and oxygen atoms in total. The summed E-state index contributed by atoms with van der Waals surface area (Å²) in [5.41, 5.74) is 0. The van der Waals surface area contributed by atoms with Crippen molar-refractivity contribution in [2.45, 2.75) is 0 Å². The van der Waals surface area contributed by atoms with Crippen molar-refractivity contribution in [1.29, 1.82) is 0 Å². The van der Waals surface area contributed by atoms with Crippen molar-refractivity contribution in [2.24, 2.45) is 0 Å². The normalized spacial score (nSPS) is 13.2. The summed E-state index contributed by atoms with van der Waals surface area (Å²) in [5, 5.41) is 0. The zero-order chi connectivity index (χ0) is 18.6. The molecule has 0 bridgehead atoms. The minimum Gasteiger partial charge on any atom is -0.822 e. The van der Waals surface area contributed by atoms with E-state index in [-0.39, 0.29) is 266 Å². The van der Waals surface area contributed by atoms with E-state index in [1.807, 2.05) is 0 Å². The molecular formula is Na9O17P5. The third kappa shape index (κ3) is 73.5. The zero-order valence-corrected chi connectivity index (χ0v) is 40.6. The Morgan fingerprint density at radius 2 is 0.484 bits per heavy atom. The van der Waals surface area contributed by atoms with Gasteiger partial charge in [-0.3, -0.25) is 17.8 Å². The quantitative estimate of drug-likeness (QED) is 0.193. The maximum absolute atomic E-state index is 10.4. The van der Waals surface area contributed by atoms with E-state index >= 15 is 0 Å². The SMILES string of the molecule is O=P([O-])([O-])OP(=O)([O-])OP(=O)([O-])OP(=O)([O-])[O-].O=P([O-])([O-])[O-].[Na+].[Na+].[Na+].[Na+].[Na+].[Na+].[Na+].[Na+].[Na+]. The van der Waals surface area contributed by atoms with Gasteiger partial charge in [-0.2, -0.15) is 7.82 Å². The van der Waals surface area contributed by atoms with Gasteiger partial charge in [0.15, 0.2) is 0 Å². The molecule has 0 aromatic heterocycles. The van der Waals surface area contributed by atoms with Gasteiger partial charge in [0.05, 0.1) is 15.6 Å². The first-order valence-corrected chi connectivity index (χ1v) is 11.0. The van der Waals surface area contributed by atoms with Crippen LogP contribution in [-0.2, 0) is 35.8 Å². The summed E-state index contributed by atoms with van der Waals surface area (Å²) in [6.45, 7) is 0. The Bertz CT molecular complexity index is 553. The topological polar surface area (TPSA) is 321 Å². The van der Waals surface area contributed by atoms with Crippen LogP contribution in [0.4, 0.5) is 0 Å². The van der Waals surface area contributed by atoms with Crippen molar-refractivity contribution in [3.05, 3.63) is 0 Å². The second-order valence-electron chi connectivity index (χ2n) is 2.48. The van der Waals surface area contributed by atoms with E-state index in [0.717, 1.165) is 0 Å². The Balaban J connectivity index is -0.0000000288. The Labute approximate surface area is 375 Å². The molecule has 31 heteroatoms. The Morgan fingerprint density at radius 3 is 0.581 bits per heavy atom. The fourth-order valence-corrected chi connectivity index (χ4v) is 4.11. The molecule has 2 atom stereocenters. The van der Waals surface area contributed by atoms with Crippen LogP contribution in [0.25, 0.3) is 0 Å². The number of phosphoric acid groups is 5. The molecule has 0 amide bonds. The van der Waals surface area contributed by atoms with Crippen LogP contribution in [0.5, 0.6) is 0 Å². The molecule has 0 aliphatic carbocycles. The van der Waals surface area contributed by atoms with Crippen molar-refractivity contribution >= 4 is 39.1 Å². The summed E-state index contributed by atoms with van der Waals surface area (Å²) in [6.07, 6.45) is 0. The molecule has 0 N–H and O–H groups in total. The standard InChI is InChI=1S/9Na.H6O13P4.H3O4P/c;;;;;;;;;1-14(2,3)11-16(7,8)13-17(9,10)12-15(4,5)6;1-5(2,3)4/h;;;;;;;;;(H,7,8)(H,9,10)(H2,1,2,3)(H2,4,5,6);(H3,1,2,3,4)/q9*+1;;/p-9. The predicted molar refractivity (Wildman–Crippen MR) is 41.3 cm³/mol. The van der Waals surface area contributed by atoms with Crippen molar-refractivity contribution in [2.75, 3.05) is 0 Å². The van der Waals surface area contributed by atoms with Crippen molar-refractivity contribution in [3.8, 4) is 0 Å². The average Bonchev–Trinajstić information content (AvgIpc) is 1.82. The van der Waals surface area contributed by atoms with Crippen LogP contribution in [0.1, 0.15) is 0 Å². The van der Waals surface area contributed by atoms with Crippen LogP contribution in [0.3, 0.4) is 0 Å². The summed E-state index contributed by atoms with van der Waals surface area (Å²) in [4.78, 5) is 85.7. The summed E-state index contributed by atoms with van der Waals surface area (Å²) in [5.74, 6) is 0. The van der Waals surface area contributed by atoms with Crippen LogP contribution < -0.4 is 310 Å². The maximum atomic E-state index is 10.4.